The van der Waals surface area contributed by atoms with Crippen LogP contribution in [0.3, 0.4) is 0 Å². The molecule has 0 fully saturated rings. The van der Waals surface area contributed by atoms with Gasteiger partial charge in [0.05, 0.1) is 27.3 Å². The summed E-state index contributed by atoms with van der Waals surface area (Å²) in [6, 6.07) is 13.0. The lowest BCUT2D eigenvalue weighted by Gasteiger charge is -2.35. The number of aryl methyl sites for hydroxylation is 1. The highest BCUT2D eigenvalue weighted by atomic mass is 16.5. The fraction of sp³-hybridized carbons (Fsp3) is 0.409. The number of benzene rings is 2. The van der Waals surface area contributed by atoms with E-state index in [1.54, 1.807) is 21.1 Å². The number of hydrogen-bond donors (Lipinski definition) is 2. The minimum Gasteiger partial charge on any atom is -0.493 e. The number of carbonyl (C=O) groups excluding carboxylic acids is 1. The Morgan fingerprint density at radius 1 is 1.19 bits per heavy atom. The van der Waals surface area contributed by atoms with E-state index < -0.39 is 0 Å². The molecule has 0 saturated carbocycles. The molecule has 1 aliphatic heterocycles. The summed E-state index contributed by atoms with van der Waals surface area (Å²) in [5.41, 5.74) is 5.10. The van der Waals surface area contributed by atoms with Gasteiger partial charge in [-0.05, 0) is 24.6 Å². The van der Waals surface area contributed by atoms with E-state index in [1.165, 1.54) is 27.2 Å². The zero-order valence-corrected chi connectivity index (χ0v) is 16.6. The molecule has 0 saturated heterocycles. The SMILES string of the molecule is COc1cc2c(cc1OC)[C@@H](CNC(C)=O)[NH+](Cc1cccc(C)c1)CC2. The fourth-order valence-electron chi connectivity index (χ4n) is 3.96. The predicted octanol–water partition coefficient (Wildman–Crippen LogP) is 1.83. The van der Waals surface area contributed by atoms with Crippen molar-refractivity contribution in [2.45, 2.75) is 32.9 Å². The third kappa shape index (κ3) is 4.42. The molecule has 3 rings (SSSR count). The van der Waals surface area contributed by atoms with Crippen molar-refractivity contribution in [3.8, 4) is 11.5 Å². The molecule has 1 heterocycles. The molecule has 5 nitrogen and oxygen atoms in total. The molecule has 5 heteroatoms. The number of hydrogen-bond acceptors (Lipinski definition) is 3. The first kappa shape index (κ1) is 19.2. The Balaban J connectivity index is 1.94. The predicted molar refractivity (Wildman–Crippen MR) is 105 cm³/mol. The second-order valence-electron chi connectivity index (χ2n) is 7.22. The van der Waals surface area contributed by atoms with Crippen LogP contribution in [0.1, 0.15) is 35.2 Å². The van der Waals surface area contributed by atoms with E-state index in [4.69, 9.17) is 9.47 Å². The molecule has 0 aromatic heterocycles. The topological polar surface area (TPSA) is 52.0 Å². The molecule has 27 heavy (non-hydrogen) atoms. The van der Waals surface area contributed by atoms with Gasteiger partial charge in [0.1, 0.15) is 12.6 Å². The molecule has 2 aromatic rings. The van der Waals surface area contributed by atoms with E-state index in [0.29, 0.717) is 6.54 Å². The number of amides is 1. The maximum atomic E-state index is 11.6. The van der Waals surface area contributed by atoms with Crippen LogP contribution in [0.15, 0.2) is 36.4 Å². The van der Waals surface area contributed by atoms with Gasteiger partial charge >= 0.3 is 0 Å². The molecule has 1 unspecified atom stereocenters. The standard InChI is InChI=1S/C22H28N2O3/c1-15-6-5-7-17(10-15)14-24-9-8-18-11-21(26-3)22(27-4)12-19(18)20(24)13-23-16(2)25/h5-7,10-12,20H,8-9,13-14H2,1-4H3,(H,23,25)/p+1/t20-/m1/s1. The normalized spacial score (nSPS) is 18.5. The number of carbonyl (C=O) groups is 1. The van der Waals surface area contributed by atoms with Crippen LogP contribution in [0.2, 0.25) is 0 Å². The number of rotatable bonds is 6. The van der Waals surface area contributed by atoms with Crippen LogP contribution in [0.4, 0.5) is 0 Å². The van der Waals surface area contributed by atoms with Crippen LogP contribution in [-0.2, 0) is 17.8 Å². The summed E-state index contributed by atoms with van der Waals surface area (Å²) in [6.45, 7) is 6.24. The first-order valence-corrected chi connectivity index (χ1v) is 9.41. The molecule has 2 N–H and O–H groups in total. The summed E-state index contributed by atoms with van der Waals surface area (Å²) in [4.78, 5) is 13.0. The van der Waals surface area contributed by atoms with Gasteiger partial charge in [-0.25, -0.2) is 0 Å². The van der Waals surface area contributed by atoms with E-state index in [1.807, 2.05) is 0 Å². The average molecular weight is 369 g/mol. The molecule has 2 aromatic carbocycles. The van der Waals surface area contributed by atoms with Gasteiger partial charge in [-0.15, -0.1) is 0 Å². The first-order chi connectivity index (χ1) is 13.0. The third-order valence-corrected chi connectivity index (χ3v) is 5.30. The van der Waals surface area contributed by atoms with E-state index in [2.05, 4.69) is 48.6 Å². The second kappa shape index (κ2) is 8.44. The molecule has 0 bridgehead atoms. The summed E-state index contributed by atoms with van der Waals surface area (Å²) in [6.07, 6.45) is 0.980. The zero-order chi connectivity index (χ0) is 19.4. The van der Waals surface area contributed by atoms with E-state index in [-0.39, 0.29) is 11.9 Å². The summed E-state index contributed by atoms with van der Waals surface area (Å²) in [7, 11) is 3.32. The van der Waals surface area contributed by atoms with E-state index in [9.17, 15) is 4.79 Å². The fourth-order valence-corrected chi connectivity index (χ4v) is 3.96. The summed E-state index contributed by atoms with van der Waals surface area (Å²) >= 11 is 0. The lowest BCUT2D eigenvalue weighted by atomic mass is 9.91. The maximum absolute atomic E-state index is 11.6. The maximum Gasteiger partial charge on any atom is 0.217 e. The molecule has 1 aliphatic rings. The van der Waals surface area contributed by atoms with Gasteiger partial charge in [-0.2, -0.15) is 0 Å². The van der Waals surface area contributed by atoms with Gasteiger partial charge < -0.3 is 19.7 Å². The molecule has 0 radical (unpaired) electrons. The van der Waals surface area contributed by atoms with Gasteiger partial charge in [0.15, 0.2) is 11.5 Å². The number of quaternary nitrogens is 1. The van der Waals surface area contributed by atoms with Crippen molar-refractivity contribution in [2.75, 3.05) is 27.3 Å². The van der Waals surface area contributed by atoms with Crippen LogP contribution in [0.25, 0.3) is 0 Å². The van der Waals surface area contributed by atoms with Crippen molar-refractivity contribution >= 4 is 5.91 Å². The molecule has 2 atom stereocenters. The minimum absolute atomic E-state index is 0.00231. The Labute approximate surface area is 161 Å². The third-order valence-electron chi connectivity index (χ3n) is 5.30. The highest BCUT2D eigenvalue weighted by molar-refractivity contribution is 5.72. The van der Waals surface area contributed by atoms with Gasteiger partial charge in [0, 0.05) is 24.5 Å². The van der Waals surface area contributed by atoms with Crippen LogP contribution in [0, 0.1) is 6.92 Å². The molecule has 0 aliphatic carbocycles. The average Bonchev–Trinajstić information content (AvgIpc) is 2.65. The van der Waals surface area contributed by atoms with Crippen LogP contribution < -0.4 is 19.7 Å². The van der Waals surface area contributed by atoms with Gasteiger partial charge in [0.2, 0.25) is 5.91 Å². The van der Waals surface area contributed by atoms with Gasteiger partial charge in [0.25, 0.3) is 0 Å². The second-order valence-corrected chi connectivity index (χ2v) is 7.22. The Morgan fingerprint density at radius 3 is 2.59 bits per heavy atom. The van der Waals surface area contributed by atoms with Crippen molar-refractivity contribution in [1.82, 2.24) is 5.32 Å². The molecular weight excluding hydrogens is 340 g/mol. The molecule has 0 spiro atoms. The van der Waals surface area contributed by atoms with E-state index in [0.717, 1.165) is 31.0 Å². The number of ether oxygens (including phenoxy) is 2. The zero-order valence-electron chi connectivity index (χ0n) is 16.6. The van der Waals surface area contributed by atoms with Crippen molar-refractivity contribution in [3.63, 3.8) is 0 Å². The minimum atomic E-state index is -0.00231. The van der Waals surface area contributed by atoms with Gasteiger partial charge in [-0.3, -0.25) is 4.79 Å². The number of methoxy groups -OCH3 is 2. The van der Waals surface area contributed by atoms with Crippen molar-refractivity contribution < 1.29 is 19.2 Å². The molecule has 144 valence electrons. The Bertz CT molecular complexity index is 819. The number of nitrogens with one attached hydrogen (secondary N) is 2. The van der Waals surface area contributed by atoms with Crippen LogP contribution in [0.5, 0.6) is 11.5 Å². The van der Waals surface area contributed by atoms with Crippen molar-refractivity contribution in [3.05, 3.63) is 58.7 Å². The van der Waals surface area contributed by atoms with Gasteiger partial charge in [-0.1, -0.05) is 29.8 Å². The van der Waals surface area contributed by atoms with E-state index >= 15 is 0 Å². The Kier molecular flexibility index (Phi) is 6.01. The van der Waals surface area contributed by atoms with Crippen LogP contribution in [-0.4, -0.2) is 33.2 Å². The Morgan fingerprint density at radius 2 is 1.93 bits per heavy atom. The monoisotopic (exact) mass is 369 g/mol. The van der Waals surface area contributed by atoms with Crippen molar-refractivity contribution in [1.29, 1.82) is 0 Å². The molecule has 1 amide bonds. The lowest BCUT2D eigenvalue weighted by Crippen LogP contribution is -3.12. The highest BCUT2D eigenvalue weighted by Gasteiger charge is 2.32. The highest BCUT2D eigenvalue weighted by Crippen LogP contribution is 2.34. The largest absolute Gasteiger partial charge is 0.493 e. The first-order valence-electron chi connectivity index (χ1n) is 9.41. The smallest absolute Gasteiger partial charge is 0.217 e. The summed E-state index contributed by atoms with van der Waals surface area (Å²) in [5, 5.41) is 3.02. The quantitative estimate of drug-likeness (QED) is 0.817. The summed E-state index contributed by atoms with van der Waals surface area (Å²) < 4.78 is 11.0. The van der Waals surface area contributed by atoms with Crippen molar-refractivity contribution in [2.24, 2.45) is 0 Å². The van der Waals surface area contributed by atoms with Crippen LogP contribution >= 0.6 is 0 Å². The Hall–Kier alpha value is -2.53. The summed E-state index contributed by atoms with van der Waals surface area (Å²) in [5.74, 6) is 1.50. The molecular formula is C22H29N2O3+. The lowest BCUT2D eigenvalue weighted by molar-refractivity contribution is -0.945. The number of fused-ring (bicyclic) bond motifs is 1.